The fraction of sp³-hybridized carbons (Fsp3) is 0.500. The molecule has 2 nitrogen and oxygen atoms in total. The third kappa shape index (κ3) is 1.77. The number of hydrogen-bond donors (Lipinski definition) is 0. The van der Waals surface area contributed by atoms with Crippen molar-refractivity contribution in [3.05, 3.63) is 21.9 Å². The van der Waals surface area contributed by atoms with Crippen LogP contribution < -0.4 is 0 Å². The minimum Gasteiger partial charge on any atom is -0.158 e. The van der Waals surface area contributed by atoms with Gasteiger partial charge in [-0.15, -0.1) is 5.10 Å². The molecule has 1 rings (SSSR count). The van der Waals surface area contributed by atoms with Crippen molar-refractivity contribution in [2.75, 3.05) is 0 Å². The lowest BCUT2D eigenvalue weighted by atomic mass is 10.0. The molecule has 0 N–H and O–H groups in total. The van der Waals surface area contributed by atoms with Gasteiger partial charge >= 0.3 is 0 Å². The zero-order chi connectivity index (χ0) is 8.43. The highest BCUT2D eigenvalue weighted by molar-refractivity contribution is 9.10. The first-order valence-electron chi connectivity index (χ1n) is 3.60. The minimum atomic E-state index is 0.500. The molecule has 0 fully saturated rings. The fourth-order valence-corrected chi connectivity index (χ4v) is 2.01. The molecule has 0 saturated heterocycles. The summed E-state index contributed by atoms with van der Waals surface area (Å²) in [5.41, 5.74) is 2.45. The van der Waals surface area contributed by atoms with Gasteiger partial charge in [0, 0.05) is 0 Å². The van der Waals surface area contributed by atoms with E-state index in [1.54, 1.807) is 6.20 Å². The van der Waals surface area contributed by atoms with Crippen LogP contribution in [0, 0.1) is 6.92 Å². The van der Waals surface area contributed by atoms with Gasteiger partial charge in [0.1, 0.15) is 4.60 Å². The molecule has 0 aromatic carbocycles. The third-order valence-electron chi connectivity index (χ3n) is 1.62. The van der Waals surface area contributed by atoms with E-state index in [9.17, 15) is 0 Å². The normalized spacial score (nSPS) is 10.6. The molecule has 0 aliphatic rings. The summed E-state index contributed by atoms with van der Waals surface area (Å²) in [6.45, 7) is 6.35. The van der Waals surface area contributed by atoms with E-state index in [1.165, 1.54) is 11.1 Å². The smallest absolute Gasteiger partial charge is 0.132 e. The lowest BCUT2D eigenvalue weighted by Gasteiger charge is -2.08. The summed E-state index contributed by atoms with van der Waals surface area (Å²) in [4.78, 5) is 0. The highest BCUT2D eigenvalue weighted by Gasteiger charge is 2.08. The Morgan fingerprint density at radius 2 is 2.09 bits per heavy atom. The number of aryl methyl sites for hydroxylation is 1. The molecule has 0 aliphatic carbocycles. The second-order valence-corrected chi connectivity index (χ2v) is 3.64. The Kier molecular flexibility index (Phi) is 2.60. The fourth-order valence-electron chi connectivity index (χ4n) is 1.15. The predicted octanol–water partition coefficient (Wildman–Crippen LogP) is 2.67. The zero-order valence-corrected chi connectivity index (χ0v) is 8.51. The molecule has 0 bridgehead atoms. The summed E-state index contributed by atoms with van der Waals surface area (Å²) in [5.74, 6) is 0.500. The lowest BCUT2D eigenvalue weighted by Crippen LogP contribution is -1.97. The average molecular weight is 215 g/mol. The van der Waals surface area contributed by atoms with Gasteiger partial charge in [0.2, 0.25) is 0 Å². The highest BCUT2D eigenvalue weighted by atomic mass is 79.9. The van der Waals surface area contributed by atoms with E-state index in [4.69, 9.17) is 0 Å². The molecule has 11 heavy (non-hydrogen) atoms. The van der Waals surface area contributed by atoms with Crippen LogP contribution >= 0.6 is 15.9 Å². The van der Waals surface area contributed by atoms with Crippen molar-refractivity contribution in [1.29, 1.82) is 0 Å². The molecule has 0 saturated carbocycles. The first-order valence-corrected chi connectivity index (χ1v) is 4.40. The molecular weight excluding hydrogens is 204 g/mol. The van der Waals surface area contributed by atoms with Crippen LogP contribution in [0.5, 0.6) is 0 Å². The van der Waals surface area contributed by atoms with Gasteiger partial charge in [-0.2, -0.15) is 5.10 Å². The molecule has 60 valence electrons. The average Bonchev–Trinajstić information content (AvgIpc) is 1.85. The first kappa shape index (κ1) is 8.65. The Morgan fingerprint density at radius 3 is 2.45 bits per heavy atom. The molecule has 1 aromatic heterocycles. The van der Waals surface area contributed by atoms with Crippen LogP contribution in [-0.2, 0) is 0 Å². The topological polar surface area (TPSA) is 25.8 Å². The van der Waals surface area contributed by atoms with Crippen molar-refractivity contribution in [3.8, 4) is 0 Å². The Morgan fingerprint density at radius 1 is 1.45 bits per heavy atom. The Labute approximate surface area is 75.2 Å². The van der Waals surface area contributed by atoms with Crippen LogP contribution in [0.4, 0.5) is 0 Å². The van der Waals surface area contributed by atoms with E-state index >= 15 is 0 Å². The van der Waals surface area contributed by atoms with Gasteiger partial charge in [-0.3, -0.25) is 0 Å². The van der Waals surface area contributed by atoms with E-state index < -0.39 is 0 Å². The van der Waals surface area contributed by atoms with Gasteiger partial charge in [-0.05, 0) is 39.9 Å². The van der Waals surface area contributed by atoms with Crippen molar-refractivity contribution in [2.24, 2.45) is 0 Å². The number of hydrogen-bond acceptors (Lipinski definition) is 2. The van der Waals surface area contributed by atoms with E-state index in [-0.39, 0.29) is 0 Å². The summed E-state index contributed by atoms with van der Waals surface area (Å²) < 4.78 is 0.868. The molecule has 0 radical (unpaired) electrons. The number of nitrogens with zero attached hydrogens (tertiary/aromatic N) is 2. The van der Waals surface area contributed by atoms with E-state index in [0.717, 1.165) is 4.60 Å². The van der Waals surface area contributed by atoms with Gasteiger partial charge in [-0.1, -0.05) is 13.8 Å². The second-order valence-electron chi connectivity index (χ2n) is 2.89. The van der Waals surface area contributed by atoms with Gasteiger partial charge in [0.05, 0.1) is 6.20 Å². The molecule has 3 heteroatoms. The van der Waals surface area contributed by atoms with Crippen molar-refractivity contribution < 1.29 is 0 Å². The minimum absolute atomic E-state index is 0.500. The van der Waals surface area contributed by atoms with E-state index in [0.29, 0.717) is 5.92 Å². The van der Waals surface area contributed by atoms with Crippen molar-refractivity contribution in [3.63, 3.8) is 0 Å². The van der Waals surface area contributed by atoms with Crippen LogP contribution in [0.15, 0.2) is 10.8 Å². The maximum absolute atomic E-state index is 3.93. The maximum atomic E-state index is 3.93. The SMILES string of the molecule is Cc1cnnc(Br)c1C(C)C. The quantitative estimate of drug-likeness (QED) is 0.719. The zero-order valence-electron chi connectivity index (χ0n) is 6.93. The lowest BCUT2D eigenvalue weighted by molar-refractivity contribution is 0.815. The number of rotatable bonds is 1. The predicted molar refractivity (Wildman–Crippen MR) is 48.6 cm³/mol. The monoisotopic (exact) mass is 214 g/mol. The summed E-state index contributed by atoms with van der Waals surface area (Å²) in [5, 5.41) is 7.76. The van der Waals surface area contributed by atoms with Gasteiger partial charge in [0.15, 0.2) is 0 Å². The van der Waals surface area contributed by atoms with Crippen LogP contribution in [0.25, 0.3) is 0 Å². The van der Waals surface area contributed by atoms with Gasteiger partial charge in [0.25, 0.3) is 0 Å². The van der Waals surface area contributed by atoms with Crippen LogP contribution in [-0.4, -0.2) is 10.2 Å². The second kappa shape index (κ2) is 3.30. The van der Waals surface area contributed by atoms with Crippen molar-refractivity contribution >= 4 is 15.9 Å². The van der Waals surface area contributed by atoms with Crippen LogP contribution in [0.1, 0.15) is 30.9 Å². The number of halogens is 1. The van der Waals surface area contributed by atoms with Crippen molar-refractivity contribution in [1.82, 2.24) is 10.2 Å². The summed E-state index contributed by atoms with van der Waals surface area (Å²) >= 11 is 3.37. The molecule has 0 atom stereocenters. The highest BCUT2D eigenvalue weighted by Crippen LogP contribution is 2.24. The molecule has 0 amide bonds. The van der Waals surface area contributed by atoms with Crippen LogP contribution in [0.3, 0.4) is 0 Å². The van der Waals surface area contributed by atoms with Crippen molar-refractivity contribution in [2.45, 2.75) is 26.7 Å². The molecule has 1 heterocycles. The molecule has 0 spiro atoms. The van der Waals surface area contributed by atoms with Gasteiger partial charge < -0.3 is 0 Å². The summed E-state index contributed by atoms with van der Waals surface area (Å²) in [7, 11) is 0. The third-order valence-corrected chi connectivity index (χ3v) is 2.21. The summed E-state index contributed by atoms with van der Waals surface area (Å²) in [6, 6.07) is 0. The number of aromatic nitrogens is 2. The molecule has 1 aromatic rings. The van der Waals surface area contributed by atoms with Gasteiger partial charge in [-0.25, -0.2) is 0 Å². The molecular formula is C8H11BrN2. The first-order chi connectivity index (χ1) is 5.13. The van der Waals surface area contributed by atoms with Crippen LogP contribution in [0.2, 0.25) is 0 Å². The van der Waals surface area contributed by atoms with E-state index in [1.807, 2.05) is 0 Å². The Bertz CT molecular complexity index is 238. The molecule has 0 unspecified atom stereocenters. The van der Waals surface area contributed by atoms with E-state index in [2.05, 4.69) is 46.9 Å². The maximum Gasteiger partial charge on any atom is 0.132 e. The summed E-state index contributed by atoms with van der Waals surface area (Å²) in [6.07, 6.45) is 1.79. The molecule has 0 aliphatic heterocycles. The Hall–Kier alpha value is -0.440. The largest absolute Gasteiger partial charge is 0.158 e. The standard InChI is InChI=1S/C8H11BrN2/c1-5(2)7-6(3)4-10-11-8(7)9/h4-5H,1-3H3. The Balaban J connectivity index is 3.21.